The predicted molar refractivity (Wildman–Crippen MR) is 86.2 cm³/mol. The van der Waals surface area contributed by atoms with Crippen molar-refractivity contribution in [3.8, 4) is 23.1 Å². The minimum Gasteiger partial charge on any atom is -0.485 e. The van der Waals surface area contributed by atoms with Crippen LogP contribution in [0.3, 0.4) is 0 Å². The van der Waals surface area contributed by atoms with Crippen molar-refractivity contribution in [3.05, 3.63) is 36.0 Å². The summed E-state index contributed by atoms with van der Waals surface area (Å²) in [5, 5.41) is 14.5. The van der Waals surface area contributed by atoms with Gasteiger partial charge in [0.2, 0.25) is 6.10 Å². The van der Waals surface area contributed by atoms with Crippen LogP contribution in [0.1, 0.15) is 5.69 Å². The Labute approximate surface area is 142 Å². The number of carbonyl (C=O) groups excluding carboxylic acids is 1. The van der Waals surface area contributed by atoms with Gasteiger partial charge in [0, 0.05) is 7.05 Å². The molecule has 0 aliphatic carbocycles. The molecule has 4 rings (SSSR count). The molecule has 3 aromatic rings. The Kier molecular flexibility index (Phi) is 3.60. The van der Waals surface area contributed by atoms with Gasteiger partial charge in [-0.05, 0) is 25.1 Å². The third kappa shape index (κ3) is 2.91. The van der Waals surface area contributed by atoms with E-state index in [1.807, 2.05) is 25.1 Å². The third-order valence-electron chi connectivity index (χ3n) is 3.68. The quantitative estimate of drug-likeness (QED) is 0.771. The lowest BCUT2D eigenvalue weighted by Gasteiger charge is -2.24. The number of rotatable bonds is 3. The van der Waals surface area contributed by atoms with Crippen LogP contribution in [0.25, 0.3) is 11.6 Å². The highest BCUT2D eigenvalue weighted by molar-refractivity contribution is 5.93. The molecule has 9 nitrogen and oxygen atoms in total. The molecule has 1 N–H and O–H groups in total. The molecule has 0 bridgehead atoms. The lowest BCUT2D eigenvalue weighted by molar-refractivity contribution is -0.125. The highest BCUT2D eigenvalue weighted by Crippen LogP contribution is 2.31. The highest BCUT2D eigenvalue weighted by Gasteiger charge is 2.28. The van der Waals surface area contributed by atoms with E-state index in [1.165, 1.54) is 0 Å². The van der Waals surface area contributed by atoms with E-state index in [4.69, 9.17) is 13.9 Å². The average molecular weight is 341 g/mol. The molecule has 1 aliphatic heterocycles. The molecule has 2 aromatic heterocycles. The summed E-state index contributed by atoms with van der Waals surface area (Å²) in [7, 11) is 1.77. The van der Waals surface area contributed by atoms with Crippen molar-refractivity contribution < 1.29 is 18.7 Å². The summed E-state index contributed by atoms with van der Waals surface area (Å²) >= 11 is 0. The zero-order chi connectivity index (χ0) is 17.4. The molecule has 25 heavy (non-hydrogen) atoms. The number of nitrogens with zero attached hydrogens (tertiary/aromatic N) is 4. The number of hydrogen-bond donors (Lipinski definition) is 1. The highest BCUT2D eigenvalue weighted by atomic mass is 16.6. The monoisotopic (exact) mass is 341 g/mol. The zero-order valence-electron chi connectivity index (χ0n) is 13.6. The van der Waals surface area contributed by atoms with E-state index in [2.05, 4.69) is 20.6 Å². The fourth-order valence-corrected chi connectivity index (χ4v) is 2.52. The van der Waals surface area contributed by atoms with Crippen LogP contribution < -0.4 is 14.8 Å². The number of anilines is 1. The van der Waals surface area contributed by atoms with Gasteiger partial charge < -0.3 is 13.9 Å². The summed E-state index contributed by atoms with van der Waals surface area (Å²) in [5.41, 5.74) is 1.49. The summed E-state index contributed by atoms with van der Waals surface area (Å²) in [6.07, 6.45) is -0.802. The molecule has 3 heterocycles. The largest absolute Gasteiger partial charge is 0.485 e. The number of fused-ring (bicyclic) bond motifs is 1. The fraction of sp³-hybridized carbons (Fsp3) is 0.250. The van der Waals surface area contributed by atoms with Gasteiger partial charge in [0.1, 0.15) is 12.3 Å². The molecule has 128 valence electrons. The van der Waals surface area contributed by atoms with Crippen LogP contribution >= 0.6 is 0 Å². The molecule has 0 spiro atoms. The number of aryl methyl sites for hydroxylation is 2. The van der Waals surface area contributed by atoms with E-state index in [1.54, 1.807) is 23.9 Å². The number of ether oxygens (including phenoxy) is 2. The number of aromatic nitrogens is 4. The van der Waals surface area contributed by atoms with Crippen LogP contribution in [0, 0.1) is 6.92 Å². The van der Waals surface area contributed by atoms with E-state index >= 15 is 0 Å². The van der Waals surface area contributed by atoms with E-state index in [0.29, 0.717) is 17.2 Å². The standard InChI is InChI=1S/C16H15N5O4/c1-9-7-10(21(2)20-9)15-18-19-16(25-15)17-14(22)13-8-23-11-5-3-4-6-12(11)24-13/h3-7,13H,8H2,1-2H3,(H,17,19,22). The second-order valence-corrected chi connectivity index (χ2v) is 5.56. The Balaban J connectivity index is 1.46. The van der Waals surface area contributed by atoms with Gasteiger partial charge in [0.25, 0.3) is 11.8 Å². The molecule has 0 fully saturated rings. The average Bonchev–Trinajstić information content (AvgIpc) is 3.20. The van der Waals surface area contributed by atoms with Crippen LogP contribution in [0.15, 0.2) is 34.7 Å². The summed E-state index contributed by atoms with van der Waals surface area (Å²) < 4.78 is 18.3. The van der Waals surface area contributed by atoms with Gasteiger partial charge in [-0.15, -0.1) is 5.10 Å². The Morgan fingerprint density at radius 1 is 1.28 bits per heavy atom. The van der Waals surface area contributed by atoms with Crippen molar-refractivity contribution in [3.63, 3.8) is 0 Å². The van der Waals surface area contributed by atoms with Crippen LogP contribution in [-0.4, -0.2) is 38.6 Å². The topological polar surface area (TPSA) is 104 Å². The second-order valence-electron chi connectivity index (χ2n) is 5.56. The number of hydrogen-bond acceptors (Lipinski definition) is 7. The maximum Gasteiger partial charge on any atom is 0.322 e. The molecule has 1 atom stereocenters. The Hall–Kier alpha value is -3.36. The number of amides is 1. The molecule has 0 saturated carbocycles. The van der Waals surface area contributed by atoms with Crippen molar-refractivity contribution in [2.75, 3.05) is 11.9 Å². The molecular weight excluding hydrogens is 326 g/mol. The number of carbonyl (C=O) groups is 1. The number of nitrogens with one attached hydrogen (secondary N) is 1. The maximum absolute atomic E-state index is 12.3. The molecule has 1 amide bonds. The lowest BCUT2D eigenvalue weighted by Crippen LogP contribution is -2.40. The minimum absolute atomic E-state index is 0.0127. The lowest BCUT2D eigenvalue weighted by atomic mass is 10.2. The first-order valence-electron chi connectivity index (χ1n) is 7.64. The maximum atomic E-state index is 12.3. The van der Waals surface area contributed by atoms with Crippen LogP contribution in [-0.2, 0) is 11.8 Å². The van der Waals surface area contributed by atoms with Crippen LogP contribution in [0.5, 0.6) is 11.5 Å². The van der Waals surface area contributed by atoms with Crippen molar-refractivity contribution >= 4 is 11.9 Å². The van der Waals surface area contributed by atoms with Gasteiger partial charge in [-0.25, -0.2) is 0 Å². The van der Waals surface area contributed by atoms with E-state index in [0.717, 1.165) is 5.69 Å². The predicted octanol–water partition coefficient (Wildman–Crippen LogP) is 1.56. The van der Waals surface area contributed by atoms with E-state index < -0.39 is 12.0 Å². The summed E-state index contributed by atoms with van der Waals surface area (Å²) in [6, 6.07) is 8.97. The molecular formula is C16H15N5O4. The van der Waals surface area contributed by atoms with Crippen LogP contribution in [0.4, 0.5) is 6.01 Å². The Morgan fingerprint density at radius 2 is 2.08 bits per heavy atom. The minimum atomic E-state index is -0.802. The van der Waals surface area contributed by atoms with Crippen LogP contribution in [0.2, 0.25) is 0 Å². The first-order valence-corrected chi connectivity index (χ1v) is 7.64. The van der Waals surface area contributed by atoms with Gasteiger partial charge in [-0.2, -0.15) is 5.10 Å². The Morgan fingerprint density at radius 3 is 2.84 bits per heavy atom. The van der Waals surface area contributed by atoms with Gasteiger partial charge in [-0.3, -0.25) is 14.8 Å². The van der Waals surface area contributed by atoms with Crippen molar-refractivity contribution in [2.24, 2.45) is 7.05 Å². The van der Waals surface area contributed by atoms with E-state index in [9.17, 15) is 4.79 Å². The molecule has 0 radical (unpaired) electrons. The van der Waals surface area contributed by atoms with Crippen molar-refractivity contribution in [1.82, 2.24) is 20.0 Å². The van der Waals surface area contributed by atoms with Gasteiger partial charge in [0.15, 0.2) is 11.5 Å². The normalized spacial score (nSPS) is 15.8. The fourth-order valence-electron chi connectivity index (χ4n) is 2.52. The van der Waals surface area contributed by atoms with Gasteiger partial charge in [-0.1, -0.05) is 17.2 Å². The number of para-hydroxylation sites is 2. The van der Waals surface area contributed by atoms with Gasteiger partial charge >= 0.3 is 6.01 Å². The molecule has 0 saturated heterocycles. The zero-order valence-corrected chi connectivity index (χ0v) is 13.6. The van der Waals surface area contributed by atoms with Crippen molar-refractivity contribution in [2.45, 2.75) is 13.0 Å². The first-order chi connectivity index (χ1) is 12.1. The van der Waals surface area contributed by atoms with E-state index in [-0.39, 0.29) is 18.5 Å². The summed E-state index contributed by atoms with van der Waals surface area (Å²) in [4.78, 5) is 12.3. The first kappa shape index (κ1) is 15.2. The molecule has 1 aliphatic rings. The molecule has 9 heteroatoms. The third-order valence-corrected chi connectivity index (χ3v) is 3.68. The van der Waals surface area contributed by atoms with Gasteiger partial charge in [0.05, 0.1) is 5.69 Å². The van der Waals surface area contributed by atoms with Crippen molar-refractivity contribution in [1.29, 1.82) is 0 Å². The SMILES string of the molecule is Cc1cc(-c2nnc(NC(=O)C3COc4ccccc4O3)o2)n(C)n1. The Bertz CT molecular complexity index is 932. The molecule has 1 unspecified atom stereocenters. The number of benzene rings is 1. The smallest absolute Gasteiger partial charge is 0.322 e. The molecule has 1 aromatic carbocycles. The second kappa shape index (κ2) is 5.93. The summed E-state index contributed by atoms with van der Waals surface area (Å²) in [6.45, 7) is 1.96. The summed E-state index contributed by atoms with van der Waals surface area (Å²) in [5.74, 6) is 0.971.